The Bertz CT molecular complexity index is 1440. The van der Waals surface area contributed by atoms with Crippen molar-refractivity contribution in [3.8, 4) is 33.8 Å². The van der Waals surface area contributed by atoms with Crippen LogP contribution >= 0.6 is 0 Å². The molecule has 5 rings (SSSR count). The van der Waals surface area contributed by atoms with Crippen LogP contribution in [0.4, 0.5) is 0 Å². The summed E-state index contributed by atoms with van der Waals surface area (Å²) in [5.74, 6) is 2.19. The second kappa shape index (κ2) is 12.6. The van der Waals surface area contributed by atoms with Crippen LogP contribution in [-0.4, -0.2) is 19.5 Å². The Morgan fingerprint density at radius 2 is 1.18 bits per heavy atom. The summed E-state index contributed by atoms with van der Waals surface area (Å²) in [5.41, 5.74) is 5.73. The van der Waals surface area contributed by atoms with Crippen LogP contribution in [-0.2, 0) is 4.74 Å². The number of para-hydroxylation sites is 1. The van der Waals surface area contributed by atoms with Crippen LogP contribution < -0.4 is 9.47 Å². The molecule has 5 aromatic rings. The molecule has 0 saturated carbocycles. The molecule has 0 aromatic heterocycles. The average Bonchev–Trinajstić information content (AvgIpc) is 2.99. The zero-order valence-corrected chi connectivity index (χ0v) is 23.0. The molecule has 0 saturated heterocycles. The van der Waals surface area contributed by atoms with Crippen molar-refractivity contribution in [3.05, 3.63) is 121 Å². The van der Waals surface area contributed by atoms with E-state index in [1.165, 1.54) is 10.9 Å². The Kier molecular flexibility index (Phi) is 8.60. The van der Waals surface area contributed by atoms with E-state index >= 15 is 0 Å². The van der Waals surface area contributed by atoms with E-state index in [4.69, 9.17) is 14.2 Å². The molecular formula is C36H36O3. The second-order valence-electron chi connectivity index (χ2n) is 9.83. The van der Waals surface area contributed by atoms with Gasteiger partial charge in [-0.1, -0.05) is 123 Å². The molecule has 0 aliphatic carbocycles. The van der Waals surface area contributed by atoms with Gasteiger partial charge in [0, 0.05) is 16.5 Å². The molecule has 5 aromatic carbocycles. The van der Waals surface area contributed by atoms with Crippen molar-refractivity contribution in [3.63, 3.8) is 0 Å². The van der Waals surface area contributed by atoms with Crippen molar-refractivity contribution in [2.24, 2.45) is 0 Å². The van der Waals surface area contributed by atoms with Gasteiger partial charge in [-0.25, -0.2) is 0 Å². The van der Waals surface area contributed by atoms with Gasteiger partial charge in [0.05, 0.1) is 6.61 Å². The minimum atomic E-state index is -0.413. The highest BCUT2D eigenvalue weighted by atomic mass is 16.7. The maximum absolute atomic E-state index is 6.42. The van der Waals surface area contributed by atoms with Gasteiger partial charge in [0.25, 0.3) is 0 Å². The number of ether oxygens (including phenoxy) is 3. The summed E-state index contributed by atoms with van der Waals surface area (Å²) in [4.78, 5) is 0. The highest BCUT2D eigenvalue weighted by Gasteiger charge is 2.15. The zero-order valence-electron chi connectivity index (χ0n) is 23.0. The Morgan fingerprint density at radius 1 is 0.590 bits per heavy atom. The molecule has 0 N–H and O–H groups in total. The van der Waals surface area contributed by atoms with Crippen molar-refractivity contribution in [1.29, 1.82) is 0 Å². The molecule has 0 fully saturated rings. The summed E-state index contributed by atoms with van der Waals surface area (Å²) >= 11 is 0. The van der Waals surface area contributed by atoms with E-state index in [-0.39, 0.29) is 0 Å². The molecular weight excluding hydrogens is 480 g/mol. The Morgan fingerprint density at radius 3 is 1.82 bits per heavy atom. The second-order valence-corrected chi connectivity index (χ2v) is 9.83. The van der Waals surface area contributed by atoms with Crippen molar-refractivity contribution in [2.75, 3.05) is 13.2 Å². The number of benzene rings is 5. The lowest BCUT2D eigenvalue weighted by molar-refractivity contribution is -0.0731. The third-order valence-electron chi connectivity index (χ3n) is 7.22. The van der Waals surface area contributed by atoms with Gasteiger partial charge in [-0.2, -0.15) is 0 Å². The molecule has 0 aliphatic heterocycles. The fraction of sp³-hybridized carbons (Fsp3) is 0.222. The number of fused-ring (bicyclic) bond motifs is 1. The van der Waals surface area contributed by atoms with Crippen LogP contribution in [0.1, 0.15) is 38.7 Å². The van der Waals surface area contributed by atoms with Crippen LogP contribution in [0.25, 0.3) is 33.0 Å². The Labute approximate surface area is 232 Å². The molecule has 39 heavy (non-hydrogen) atoms. The Hall–Kier alpha value is -4.08. The van der Waals surface area contributed by atoms with E-state index in [0.29, 0.717) is 19.1 Å². The number of rotatable bonds is 11. The first-order valence-electron chi connectivity index (χ1n) is 13.8. The molecule has 0 aliphatic rings. The maximum Gasteiger partial charge on any atom is 0.197 e. The molecule has 3 heteroatoms. The first kappa shape index (κ1) is 26.5. The maximum atomic E-state index is 6.42. The first-order chi connectivity index (χ1) is 19.2. The summed E-state index contributed by atoms with van der Waals surface area (Å²) in [6.07, 6.45) is 0.688. The van der Waals surface area contributed by atoms with Crippen molar-refractivity contribution in [2.45, 2.75) is 39.4 Å². The van der Waals surface area contributed by atoms with Crippen LogP contribution in [0.3, 0.4) is 0 Å². The standard InChI is InChI=1S/C36H36O3/c1-4-26(2)30-18-11-22-34-33(30)21-13-23-35(34)39-27(3)37-24-25-38-36-31(28-14-7-5-8-15-28)19-12-20-32(36)29-16-9-6-10-17-29/h5-23,26-27H,4,24-25H2,1-3H3. The highest BCUT2D eigenvalue weighted by molar-refractivity contribution is 5.91. The van der Waals surface area contributed by atoms with Gasteiger partial charge in [0.2, 0.25) is 0 Å². The fourth-order valence-corrected chi connectivity index (χ4v) is 5.01. The average molecular weight is 517 g/mol. The quantitative estimate of drug-likeness (QED) is 0.129. The van der Waals surface area contributed by atoms with Gasteiger partial charge in [-0.3, -0.25) is 0 Å². The van der Waals surface area contributed by atoms with E-state index in [1.807, 2.05) is 25.1 Å². The van der Waals surface area contributed by atoms with E-state index in [1.54, 1.807) is 0 Å². The lowest BCUT2D eigenvalue weighted by Crippen LogP contribution is -2.20. The molecule has 0 heterocycles. The van der Waals surface area contributed by atoms with Gasteiger partial charge in [0.15, 0.2) is 6.29 Å². The summed E-state index contributed by atoms with van der Waals surface area (Å²) < 4.78 is 18.7. The summed E-state index contributed by atoms with van der Waals surface area (Å²) in [5, 5.41) is 2.36. The SMILES string of the molecule is CCC(C)c1cccc2c(OC(C)OCCOc3c(-c4ccccc4)cccc3-c3ccccc3)cccc12. The molecule has 0 radical (unpaired) electrons. The van der Waals surface area contributed by atoms with E-state index in [9.17, 15) is 0 Å². The topological polar surface area (TPSA) is 27.7 Å². The van der Waals surface area contributed by atoms with Crippen molar-refractivity contribution in [1.82, 2.24) is 0 Å². The monoisotopic (exact) mass is 516 g/mol. The Balaban J connectivity index is 1.29. The predicted molar refractivity (Wildman–Crippen MR) is 162 cm³/mol. The van der Waals surface area contributed by atoms with Gasteiger partial charge in [0.1, 0.15) is 18.1 Å². The largest absolute Gasteiger partial charge is 0.490 e. The summed E-state index contributed by atoms with van der Waals surface area (Å²) in [7, 11) is 0. The molecule has 0 amide bonds. The highest BCUT2D eigenvalue weighted by Crippen LogP contribution is 2.39. The summed E-state index contributed by atoms with van der Waals surface area (Å²) in [6, 6.07) is 39.7. The summed E-state index contributed by atoms with van der Waals surface area (Å²) in [6.45, 7) is 7.24. The number of hydrogen-bond donors (Lipinski definition) is 0. The number of hydrogen-bond acceptors (Lipinski definition) is 3. The first-order valence-corrected chi connectivity index (χ1v) is 13.8. The third kappa shape index (κ3) is 6.16. The lowest BCUT2D eigenvalue weighted by Gasteiger charge is -2.20. The van der Waals surface area contributed by atoms with Gasteiger partial charge in [-0.15, -0.1) is 0 Å². The van der Waals surface area contributed by atoms with Crippen LogP contribution in [0.2, 0.25) is 0 Å². The van der Waals surface area contributed by atoms with Crippen LogP contribution in [0.15, 0.2) is 115 Å². The molecule has 0 spiro atoms. The van der Waals surface area contributed by atoms with E-state index in [2.05, 4.69) is 111 Å². The molecule has 2 atom stereocenters. The minimum absolute atomic E-state index is 0.404. The molecule has 2 unspecified atom stereocenters. The molecule has 198 valence electrons. The zero-order chi connectivity index (χ0) is 27.0. The van der Waals surface area contributed by atoms with Crippen molar-refractivity contribution < 1.29 is 14.2 Å². The molecule has 0 bridgehead atoms. The van der Waals surface area contributed by atoms with Crippen LogP contribution in [0, 0.1) is 0 Å². The smallest absolute Gasteiger partial charge is 0.197 e. The minimum Gasteiger partial charge on any atom is -0.490 e. The van der Waals surface area contributed by atoms with Gasteiger partial charge < -0.3 is 14.2 Å². The predicted octanol–water partition coefficient (Wildman–Crippen LogP) is 9.51. The van der Waals surface area contributed by atoms with Gasteiger partial charge in [-0.05, 0) is 47.4 Å². The normalized spacial score (nSPS) is 12.7. The van der Waals surface area contributed by atoms with E-state index < -0.39 is 6.29 Å². The van der Waals surface area contributed by atoms with Crippen LogP contribution in [0.5, 0.6) is 11.5 Å². The fourth-order valence-electron chi connectivity index (χ4n) is 5.01. The van der Waals surface area contributed by atoms with Gasteiger partial charge >= 0.3 is 0 Å². The third-order valence-corrected chi connectivity index (χ3v) is 7.22. The van der Waals surface area contributed by atoms with Crippen molar-refractivity contribution >= 4 is 10.8 Å². The molecule has 3 nitrogen and oxygen atoms in total. The van der Waals surface area contributed by atoms with E-state index in [0.717, 1.165) is 45.6 Å². The lowest BCUT2D eigenvalue weighted by atomic mass is 9.93.